The molecule has 0 bridgehead atoms. The van der Waals surface area contributed by atoms with E-state index in [1.54, 1.807) is 30.0 Å². The third-order valence-corrected chi connectivity index (χ3v) is 5.09. The van der Waals surface area contributed by atoms with Gasteiger partial charge in [0, 0.05) is 18.1 Å². The van der Waals surface area contributed by atoms with Gasteiger partial charge in [0.15, 0.2) is 5.82 Å². The Kier molecular flexibility index (Phi) is 7.62. The van der Waals surface area contributed by atoms with Crippen LogP contribution in [-0.2, 0) is 22.7 Å². The molecule has 7 nitrogen and oxygen atoms in total. The molecular weight excluding hydrogens is 424 g/mol. The minimum atomic E-state index is -0.259. The number of hydrogen-bond acceptors (Lipinski definition) is 6. The van der Waals surface area contributed by atoms with Crippen molar-refractivity contribution in [3.8, 4) is 17.1 Å². The molecule has 0 saturated heterocycles. The molecule has 0 unspecified atom stereocenters. The highest BCUT2D eigenvalue weighted by atomic mass is 35.5. The van der Waals surface area contributed by atoms with Gasteiger partial charge in [-0.3, -0.25) is 14.8 Å². The van der Waals surface area contributed by atoms with Crippen LogP contribution in [0.4, 0.5) is 0 Å². The van der Waals surface area contributed by atoms with Crippen molar-refractivity contribution in [1.29, 1.82) is 0 Å². The van der Waals surface area contributed by atoms with Gasteiger partial charge in [0.25, 0.3) is 0 Å². The van der Waals surface area contributed by atoms with E-state index in [4.69, 9.17) is 33.3 Å². The van der Waals surface area contributed by atoms with E-state index in [9.17, 15) is 4.79 Å². The molecule has 30 heavy (non-hydrogen) atoms. The Morgan fingerprint density at radius 1 is 1.23 bits per heavy atom. The third kappa shape index (κ3) is 5.69. The quantitative estimate of drug-likeness (QED) is 0.390. The first-order valence-electron chi connectivity index (χ1n) is 9.34. The highest BCUT2D eigenvalue weighted by Crippen LogP contribution is 2.30. The summed E-state index contributed by atoms with van der Waals surface area (Å²) in [6, 6.07) is 15.3. The molecule has 0 aliphatic carbocycles. The van der Waals surface area contributed by atoms with Gasteiger partial charge in [0.2, 0.25) is 4.77 Å². The molecule has 158 valence electrons. The Morgan fingerprint density at radius 2 is 2.00 bits per heavy atom. The summed E-state index contributed by atoms with van der Waals surface area (Å²) in [6.45, 7) is 1.59. The van der Waals surface area contributed by atoms with E-state index < -0.39 is 0 Å². The van der Waals surface area contributed by atoms with E-state index in [0.29, 0.717) is 41.1 Å². The van der Waals surface area contributed by atoms with Crippen molar-refractivity contribution in [2.24, 2.45) is 0 Å². The molecule has 0 atom stereocenters. The monoisotopic (exact) mass is 446 g/mol. The lowest BCUT2D eigenvalue weighted by atomic mass is 10.2. The maximum absolute atomic E-state index is 11.7. The number of esters is 1. The fraction of sp³-hybridized carbons (Fsp3) is 0.286. The number of carbonyl (C=O) groups excluding carboxylic acids is 1. The molecule has 2 aromatic carbocycles. The topological polar surface area (TPSA) is 72.4 Å². The number of aromatic nitrogens is 3. The zero-order chi connectivity index (χ0) is 21.5. The van der Waals surface area contributed by atoms with Crippen molar-refractivity contribution in [3.63, 3.8) is 0 Å². The number of benzene rings is 2. The molecule has 0 radical (unpaired) electrons. The average Bonchev–Trinajstić information content (AvgIpc) is 3.12. The second kappa shape index (κ2) is 10.4. The highest BCUT2D eigenvalue weighted by molar-refractivity contribution is 7.71. The predicted molar refractivity (Wildman–Crippen MR) is 118 cm³/mol. The van der Waals surface area contributed by atoms with Gasteiger partial charge in [-0.15, -0.1) is 0 Å². The first kappa shape index (κ1) is 22.0. The zero-order valence-electron chi connectivity index (χ0n) is 16.8. The van der Waals surface area contributed by atoms with Crippen molar-refractivity contribution < 1.29 is 14.3 Å². The highest BCUT2D eigenvalue weighted by Gasteiger charge is 2.15. The van der Waals surface area contributed by atoms with Crippen LogP contribution in [-0.4, -0.2) is 46.4 Å². The van der Waals surface area contributed by atoms with Crippen LogP contribution in [0.15, 0.2) is 48.5 Å². The molecule has 9 heteroatoms. The Labute approximate surface area is 185 Å². The number of nitrogens with one attached hydrogen (secondary N) is 1. The van der Waals surface area contributed by atoms with Gasteiger partial charge in [-0.25, -0.2) is 4.68 Å². The van der Waals surface area contributed by atoms with Gasteiger partial charge in [-0.1, -0.05) is 41.9 Å². The number of hydrogen-bond donors (Lipinski definition) is 1. The number of H-pyrrole nitrogens is 1. The summed E-state index contributed by atoms with van der Waals surface area (Å²) in [4.78, 5) is 18.2. The Morgan fingerprint density at radius 3 is 2.70 bits per heavy atom. The SMILES string of the molecule is COC(=O)CCN(Cc1ccccc1)Cn1[nH]c(-c2cc(Cl)ccc2OC)nc1=S. The smallest absolute Gasteiger partial charge is 0.306 e. The Balaban J connectivity index is 1.84. The third-order valence-electron chi connectivity index (χ3n) is 4.55. The Bertz CT molecular complexity index is 1050. The van der Waals surface area contributed by atoms with Crippen LogP contribution >= 0.6 is 23.8 Å². The largest absolute Gasteiger partial charge is 0.496 e. The first-order chi connectivity index (χ1) is 14.5. The summed E-state index contributed by atoms with van der Waals surface area (Å²) in [5.41, 5.74) is 1.85. The predicted octanol–water partition coefficient (Wildman–Crippen LogP) is 4.29. The lowest BCUT2D eigenvalue weighted by Crippen LogP contribution is -2.29. The summed E-state index contributed by atoms with van der Waals surface area (Å²) in [7, 11) is 2.98. The van der Waals surface area contributed by atoms with Crippen LogP contribution in [0, 0.1) is 4.77 Å². The van der Waals surface area contributed by atoms with Crippen LogP contribution in [0.2, 0.25) is 5.02 Å². The van der Waals surface area contributed by atoms with Crippen LogP contribution < -0.4 is 4.74 Å². The number of aromatic amines is 1. The molecule has 0 spiro atoms. The lowest BCUT2D eigenvalue weighted by molar-refractivity contribution is -0.141. The molecular formula is C21H23ClN4O3S. The Hall–Kier alpha value is -2.68. The molecule has 1 N–H and O–H groups in total. The summed E-state index contributed by atoms with van der Waals surface area (Å²) >= 11 is 11.6. The standard InChI is InChI=1S/C21H23ClN4O3S/c1-28-18-9-8-16(22)12-17(18)20-23-21(30)26(24-20)14-25(11-10-19(27)29-2)13-15-6-4-3-5-7-15/h3-9,12H,10-11,13-14H2,1-2H3,(H,23,24,30). The number of methoxy groups -OCH3 is 2. The van der Waals surface area contributed by atoms with Crippen LogP contribution in [0.1, 0.15) is 12.0 Å². The van der Waals surface area contributed by atoms with Gasteiger partial charge in [-0.2, -0.15) is 4.98 Å². The first-order valence-corrected chi connectivity index (χ1v) is 10.1. The van der Waals surface area contributed by atoms with Gasteiger partial charge in [0.05, 0.1) is 32.9 Å². The maximum atomic E-state index is 11.7. The number of halogens is 1. The fourth-order valence-electron chi connectivity index (χ4n) is 3.03. The zero-order valence-corrected chi connectivity index (χ0v) is 18.4. The van der Waals surface area contributed by atoms with E-state index in [1.165, 1.54) is 7.11 Å². The molecule has 1 heterocycles. The van der Waals surface area contributed by atoms with E-state index in [0.717, 1.165) is 11.1 Å². The fourth-order valence-corrected chi connectivity index (χ4v) is 3.40. The van der Waals surface area contributed by atoms with E-state index in [1.807, 2.05) is 30.3 Å². The van der Waals surface area contributed by atoms with Crippen molar-refractivity contribution >= 4 is 29.8 Å². The van der Waals surface area contributed by atoms with Crippen molar-refractivity contribution in [2.75, 3.05) is 20.8 Å². The van der Waals surface area contributed by atoms with Crippen molar-refractivity contribution in [2.45, 2.75) is 19.6 Å². The molecule has 0 fully saturated rings. The van der Waals surface area contributed by atoms with Crippen LogP contribution in [0.3, 0.4) is 0 Å². The number of ether oxygens (including phenoxy) is 2. The van der Waals surface area contributed by atoms with Gasteiger partial charge >= 0.3 is 5.97 Å². The molecule has 0 amide bonds. The average molecular weight is 447 g/mol. The molecule has 3 aromatic rings. The normalized spacial score (nSPS) is 10.9. The van der Waals surface area contributed by atoms with Crippen molar-refractivity contribution in [1.82, 2.24) is 19.7 Å². The summed E-state index contributed by atoms with van der Waals surface area (Å²) in [5.74, 6) is 0.944. The van der Waals surface area contributed by atoms with Crippen LogP contribution in [0.25, 0.3) is 11.4 Å². The number of rotatable bonds is 9. The summed E-state index contributed by atoms with van der Waals surface area (Å²) in [6.07, 6.45) is 0.278. The second-order valence-electron chi connectivity index (χ2n) is 6.63. The molecule has 0 aliphatic rings. The van der Waals surface area contributed by atoms with E-state index in [2.05, 4.69) is 15.0 Å². The lowest BCUT2D eigenvalue weighted by Gasteiger charge is -2.22. The van der Waals surface area contributed by atoms with E-state index in [-0.39, 0.29) is 12.4 Å². The molecule has 0 saturated carbocycles. The second-order valence-corrected chi connectivity index (χ2v) is 7.43. The molecule has 0 aliphatic heterocycles. The summed E-state index contributed by atoms with van der Waals surface area (Å²) in [5, 5.41) is 3.80. The summed E-state index contributed by atoms with van der Waals surface area (Å²) < 4.78 is 12.3. The minimum Gasteiger partial charge on any atom is -0.496 e. The van der Waals surface area contributed by atoms with Crippen molar-refractivity contribution in [3.05, 3.63) is 63.9 Å². The van der Waals surface area contributed by atoms with Gasteiger partial charge in [0.1, 0.15) is 5.75 Å². The van der Waals surface area contributed by atoms with Crippen LogP contribution in [0.5, 0.6) is 5.75 Å². The molecule has 3 rings (SSSR count). The molecule has 1 aromatic heterocycles. The number of nitrogens with zero attached hydrogens (tertiary/aromatic N) is 3. The minimum absolute atomic E-state index is 0.259. The van der Waals surface area contributed by atoms with Gasteiger partial charge < -0.3 is 9.47 Å². The van der Waals surface area contributed by atoms with E-state index >= 15 is 0 Å². The maximum Gasteiger partial charge on any atom is 0.306 e. The van der Waals surface area contributed by atoms with Gasteiger partial charge in [-0.05, 0) is 36.0 Å². The number of carbonyl (C=O) groups is 1.